The predicted molar refractivity (Wildman–Crippen MR) is 119 cm³/mol. The number of hydrogen-bond acceptors (Lipinski definition) is 6. The van der Waals surface area contributed by atoms with Gasteiger partial charge >= 0.3 is 11.9 Å². The average molecular weight is 480 g/mol. The Labute approximate surface area is 200 Å². The van der Waals surface area contributed by atoms with Crippen molar-refractivity contribution in [1.29, 1.82) is 0 Å². The van der Waals surface area contributed by atoms with Gasteiger partial charge in [-0.05, 0) is 17.7 Å². The number of aliphatic carboxylic acids is 2. The van der Waals surface area contributed by atoms with Crippen LogP contribution >= 0.6 is 0 Å². The van der Waals surface area contributed by atoms with E-state index >= 15 is 0 Å². The first-order chi connectivity index (χ1) is 16.8. The molecule has 0 bridgehead atoms. The zero-order valence-electron chi connectivity index (χ0n) is 18.5. The first-order valence-electron chi connectivity index (χ1n) is 11.3. The quantitative estimate of drug-likeness (QED) is 0.480. The zero-order valence-corrected chi connectivity index (χ0v) is 18.5. The van der Waals surface area contributed by atoms with Gasteiger partial charge < -0.3 is 30.3 Å². The molecule has 182 valence electrons. The van der Waals surface area contributed by atoms with E-state index in [1.165, 1.54) is 0 Å². The van der Waals surface area contributed by atoms with Crippen LogP contribution in [0.1, 0.15) is 34.9 Å². The Bertz CT molecular complexity index is 1160. The molecule has 7 atom stereocenters. The van der Waals surface area contributed by atoms with Crippen molar-refractivity contribution in [3.8, 4) is 0 Å². The molecule has 0 spiro atoms. The van der Waals surface area contributed by atoms with Crippen molar-refractivity contribution in [2.45, 2.75) is 48.8 Å². The molecule has 3 aliphatic heterocycles. The van der Waals surface area contributed by atoms with Crippen LogP contribution in [-0.2, 0) is 23.9 Å². The third-order valence-electron chi connectivity index (χ3n) is 6.98. The normalized spacial score (nSPS) is 33.3. The van der Waals surface area contributed by atoms with Gasteiger partial charge in [0.1, 0.15) is 17.8 Å². The smallest absolute Gasteiger partial charge is 0.329 e. The lowest BCUT2D eigenvalue weighted by atomic mass is 9.78. The van der Waals surface area contributed by atoms with Crippen LogP contribution in [0.2, 0.25) is 0 Å². The number of carbonyl (C=O) groups is 4. The zero-order chi connectivity index (χ0) is 24.7. The first kappa shape index (κ1) is 23.0. The van der Waals surface area contributed by atoms with E-state index in [1.807, 2.05) is 30.3 Å². The second kappa shape index (κ2) is 8.79. The van der Waals surface area contributed by atoms with E-state index in [9.17, 15) is 29.4 Å². The fourth-order valence-corrected chi connectivity index (χ4v) is 5.54. The second-order valence-electron chi connectivity index (χ2n) is 9.05. The summed E-state index contributed by atoms with van der Waals surface area (Å²) in [6, 6.07) is 15.6. The van der Waals surface area contributed by atoms with Crippen LogP contribution in [0.25, 0.3) is 0 Å². The number of benzene rings is 2. The number of fused-ring (bicyclic) bond motifs is 3. The lowest BCUT2D eigenvalue weighted by molar-refractivity contribution is -0.163. The van der Waals surface area contributed by atoms with Gasteiger partial charge in [-0.25, -0.2) is 4.79 Å². The van der Waals surface area contributed by atoms with Gasteiger partial charge in [0.2, 0.25) is 5.91 Å². The third kappa shape index (κ3) is 3.94. The maximum atomic E-state index is 13.0. The fourth-order valence-electron chi connectivity index (χ4n) is 5.54. The third-order valence-corrected chi connectivity index (χ3v) is 6.98. The number of carboxylic acid groups (broad SMARTS) is 2. The minimum absolute atomic E-state index is 0.291. The molecule has 0 unspecified atom stereocenters. The Hall–Kier alpha value is -3.76. The van der Waals surface area contributed by atoms with Crippen LogP contribution in [0.15, 0.2) is 60.7 Å². The van der Waals surface area contributed by atoms with Crippen LogP contribution in [0.4, 0.5) is 0 Å². The van der Waals surface area contributed by atoms with Crippen LogP contribution in [0, 0.1) is 5.92 Å². The molecule has 3 heterocycles. The number of rotatable bonds is 6. The molecule has 35 heavy (non-hydrogen) atoms. The maximum absolute atomic E-state index is 13.0. The van der Waals surface area contributed by atoms with Gasteiger partial charge in [-0.1, -0.05) is 48.5 Å². The summed E-state index contributed by atoms with van der Waals surface area (Å²) in [5.74, 6) is -4.89. The van der Waals surface area contributed by atoms with Crippen molar-refractivity contribution in [3.63, 3.8) is 0 Å². The van der Waals surface area contributed by atoms with E-state index in [0.717, 1.165) is 5.56 Å². The molecule has 0 radical (unpaired) electrons. The van der Waals surface area contributed by atoms with E-state index in [-0.39, 0.29) is 5.91 Å². The van der Waals surface area contributed by atoms with Gasteiger partial charge in [0.25, 0.3) is 5.91 Å². The van der Waals surface area contributed by atoms with E-state index < -0.39 is 66.2 Å². The molecule has 2 amide bonds. The largest absolute Gasteiger partial charge is 0.481 e. The molecule has 3 saturated heterocycles. The summed E-state index contributed by atoms with van der Waals surface area (Å²) in [6.07, 6.45) is -2.82. The second-order valence-corrected chi connectivity index (χ2v) is 9.05. The monoisotopic (exact) mass is 480 g/mol. The Morgan fingerprint density at radius 3 is 2.29 bits per heavy atom. The summed E-state index contributed by atoms with van der Waals surface area (Å²) in [6.45, 7) is 0. The van der Waals surface area contributed by atoms with Crippen molar-refractivity contribution < 1.29 is 38.9 Å². The highest BCUT2D eigenvalue weighted by Crippen LogP contribution is 2.51. The minimum atomic E-state index is -1.86. The summed E-state index contributed by atoms with van der Waals surface area (Å²) >= 11 is 0. The van der Waals surface area contributed by atoms with Gasteiger partial charge in [0.15, 0.2) is 6.04 Å². The van der Waals surface area contributed by atoms with Crippen molar-refractivity contribution in [2.24, 2.45) is 5.92 Å². The van der Waals surface area contributed by atoms with Gasteiger partial charge in [0.05, 0.1) is 24.5 Å². The molecule has 5 rings (SSSR count). The number of carbonyl (C=O) groups excluding carboxylic acids is 2. The molecule has 3 fully saturated rings. The van der Waals surface area contributed by atoms with Gasteiger partial charge in [-0.2, -0.15) is 0 Å². The van der Waals surface area contributed by atoms with Crippen molar-refractivity contribution in [3.05, 3.63) is 71.8 Å². The van der Waals surface area contributed by atoms with Crippen molar-refractivity contribution >= 4 is 23.8 Å². The maximum Gasteiger partial charge on any atom is 0.329 e. The summed E-state index contributed by atoms with van der Waals surface area (Å²) in [5.41, 5.74) is -0.619. The van der Waals surface area contributed by atoms with Crippen LogP contribution in [0.3, 0.4) is 0 Å². The summed E-state index contributed by atoms with van der Waals surface area (Å²) in [5, 5.41) is 24.7. The molecule has 0 aliphatic carbocycles. The highest BCUT2D eigenvalue weighted by molar-refractivity contribution is 5.95. The van der Waals surface area contributed by atoms with E-state index in [2.05, 4.69) is 10.6 Å². The molecule has 4 N–H and O–H groups in total. The lowest BCUT2D eigenvalue weighted by Crippen LogP contribution is -2.55. The SMILES string of the molecule is O=C(O)C[C@]12O[C@H]3[C@H](O[C@@H](c4ccccc4)C[C@H]3NC(=O)c3ccccc3)[C@H]1C(=O)N[C@@H]2C(=O)O. The van der Waals surface area contributed by atoms with Crippen LogP contribution in [-0.4, -0.2) is 63.9 Å². The number of ether oxygens (including phenoxy) is 2. The number of carboxylic acids is 2. The molecular weight excluding hydrogens is 456 g/mol. The highest BCUT2D eigenvalue weighted by atomic mass is 16.6. The minimum Gasteiger partial charge on any atom is -0.481 e. The molecule has 0 saturated carbocycles. The van der Waals surface area contributed by atoms with Gasteiger partial charge in [-0.15, -0.1) is 0 Å². The fraction of sp³-hybridized carbons (Fsp3) is 0.360. The van der Waals surface area contributed by atoms with Crippen molar-refractivity contribution in [2.75, 3.05) is 0 Å². The molecule has 3 aliphatic rings. The number of nitrogens with one attached hydrogen (secondary N) is 2. The highest BCUT2D eigenvalue weighted by Gasteiger charge is 2.71. The first-order valence-corrected chi connectivity index (χ1v) is 11.3. The summed E-state index contributed by atoms with van der Waals surface area (Å²) < 4.78 is 12.5. The predicted octanol–water partition coefficient (Wildman–Crippen LogP) is 1.13. The molecule has 2 aromatic rings. The average Bonchev–Trinajstić information content (AvgIpc) is 3.31. The summed E-state index contributed by atoms with van der Waals surface area (Å²) in [7, 11) is 0. The Morgan fingerprint density at radius 2 is 1.66 bits per heavy atom. The number of hydrogen-bond donors (Lipinski definition) is 4. The molecule has 10 heteroatoms. The lowest BCUT2D eigenvalue weighted by Gasteiger charge is -2.39. The van der Waals surface area contributed by atoms with Crippen LogP contribution in [0.5, 0.6) is 0 Å². The van der Waals surface area contributed by atoms with Gasteiger partial charge in [0, 0.05) is 12.0 Å². The molecule has 2 aromatic carbocycles. The molecular formula is C25H24N2O8. The standard InChI is InChI=1S/C25H24N2O8/c28-17(29)12-25-18(23(31)27-21(25)24(32)33)20-19(35-25)15(26-22(30)14-9-5-2-6-10-14)11-16(34-20)13-7-3-1-4-8-13/h1-10,15-16,18-21H,11-12H2,(H,26,30)(H,27,31)(H,28,29)(H,32,33)/t15-,16-,18+,19-,20-,21-,25+/m1/s1. The molecule has 10 nitrogen and oxygen atoms in total. The topological polar surface area (TPSA) is 151 Å². The van der Waals surface area contributed by atoms with Gasteiger partial charge in [-0.3, -0.25) is 14.4 Å². The molecule has 0 aromatic heterocycles. The van der Waals surface area contributed by atoms with E-state index in [1.54, 1.807) is 30.3 Å². The van der Waals surface area contributed by atoms with Crippen molar-refractivity contribution in [1.82, 2.24) is 10.6 Å². The van der Waals surface area contributed by atoms with Crippen LogP contribution < -0.4 is 10.6 Å². The van der Waals surface area contributed by atoms with E-state index in [4.69, 9.17) is 9.47 Å². The Morgan fingerprint density at radius 1 is 1.00 bits per heavy atom. The summed E-state index contributed by atoms with van der Waals surface area (Å²) in [4.78, 5) is 49.8. The van der Waals surface area contributed by atoms with E-state index in [0.29, 0.717) is 12.0 Å². The Kier molecular flexibility index (Phi) is 5.78. The number of amides is 2. The Balaban J connectivity index is 1.54.